The second-order valence-electron chi connectivity index (χ2n) is 4.81. The van der Waals surface area contributed by atoms with E-state index in [0.717, 1.165) is 37.8 Å². The average molecular weight is 271 g/mol. The van der Waals surface area contributed by atoms with Gasteiger partial charge in [-0.15, -0.1) is 0 Å². The van der Waals surface area contributed by atoms with E-state index in [1.54, 1.807) is 4.90 Å². The molecule has 1 aliphatic rings. The van der Waals surface area contributed by atoms with Crippen molar-refractivity contribution in [2.45, 2.75) is 32.1 Å². The molecule has 19 heavy (non-hydrogen) atoms. The lowest BCUT2D eigenvalue weighted by Crippen LogP contribution is -2.33. The van der Waals surface area contributed by atoms with E-state index in [4.69, 9.17) is 0 Å². The van der Waals surface area contributed by atoms with Crippen LogP contribution in [0.3, 0.4) is 0 Å². The first-order valence-electron chi connectivity index (χ1n) is 6.49. The summed E-state index contributed by atoms with van der Waals surface area (Å²) in [7, 11) is 0. The molecular weight excluding hydrogens is 255 g/mol. The van der Waals surface area contributed by atoms with E-state index in [1.165, 1.54) is 0 Å². The zero-order valence-electron chi connectivity index (χ0n) is 10.6. The Balaban J connectivity index is 2.08. The van der Waals surface area contributed by atoms with Crippen LogP contribution in [0.4, 0.5) is 13.2 Å². The predicted octanol–water partition coefficient (Wildman–Crippen LogP) is 3.05. The van der Waals surface area contributed by atoms with Gasteiger partial charge in [0.15, 0.2) is 17.5 Å². The average Bonchev–Trinajstić information content (AvgIpc) is 2.68. The third-order valence-corrected chi connectivity index (χ3v) is 3.42. The molecule has 0 atom stereocenters. The Bertz CT molecular complexity index is 468. The molecule has 0 unspecified atom stereocenters. The van der Waals surface area contributed by atoms with Crippen LogP contribution < -0.4 is 0 Å². The third kappa shape index (κ3) is 3.28. The van der Waals surface area contributed by atoms with Crippen molar-refractivity contribution in [2.24, 2.45) is 0 Å². The van der Waals surface area contributed by atoms with Crippen LogP contribution in [0, 0.1) is 17.5 Å². The minimum atomic E-state index is -1.51. The fourth-order valence-corrected chi connectivity index (χ4v) is 2.30. The normalized spacial score (nSPS) is 16.3. The molecule has 0 bridgehead atoms. The SMILES string of the molecule is O=C(Cc1ccc(F)c(F)c1F)N1CCCCCC1. The quantitative estimate of drug-likeness (QED) is 0.757. The number of halogens is 3. The highest BCUT2D eigenvalue weighted by Crippen LogP contribution is 2.17. The Labute approximate surface area is 110 Å². The van der Waals surface area contributed by atoms with Crippen molar-refractivity contribution in [3.63, 3.8) is 0 Å². The number of carbonyl (C=O) groups excluding carboxylic acids is 1. The Morgan fingerprint density at radius 2 is 1.63 bits per heavy atom. The van der Waals surface area contributed by atoms with E-state index in [0.29, 0.717) is 13.1 Å². The topological polar surface area (TPSA) is 20.3 Å². The molecule has 2 nitrogen and oxygen atoms in total. The molecule has 0 aliphatic carbocycles. The minimum Gasteiger partial charge on any atom is -0.342 e. The first-order chi connectivity index (χ1) is 9.09. The van der Waals surface area contributed by atoms with Crippen LogP contribution in [-0.4, -0.2) is 23.9 Å². The summed E-state index contributed by atoms with van der Waals surface area (Å²) in [6.07, 6.45) is 3.83. The molecule has 1 heterocycles. The molecule has 1 aromatic carbocycles. The molecule has 1 aliphatic heterocycles. The van der Waals surface area contributed by atoms with Crippen LogP contribution in [0.25, 0.3) is 0 Å². The number of rotatable bonds is 2. The van der Waals surface area contributed by atoms with E-state index >= 15 is 0 Å². The van der Waals surface area contributed by atoms with Gasteiger partial charge in [0.2, 0.25) is 5.91 Å². The second kappa shape index (κ2) is 6.08. The smallest absolute Gasteiger partial charge is 0.227 e. The highest BCUT2D eigenvalue weighted by molar-refractivity contribution is 5.78. The van der Waals surface area contributed by atoms with E-state index in [1.807, 2.05) is 0 Å². The molecule has 104 valence electrons. The Kier molecular flexibility index (Phi) is 4.45. The lowest BCUT2D eigenvalue weighted by atomic mass is 10.1. The summed E-state index contributed by atoms with van der Waals surface area (Å²) in [5, 5.41) is 0. The van der Waals surface area contributed by atoms with Crippen molar-refractivity contribution in [2.75, 3.05) is 13.1 Å². The highest BCUT2D eigenvalue weighted by Gasteiger charge is 2.20. The van der Waals surface area contributed by atoms with Gasteiger partial charge in [-0.05, 0) is 18.9 Å². The van der Waals surface area contributed by atoms with Gasteiger partial charge in [-0.1, -0.05) is 18.9 Å². The van der Waals surface area contributed by atoms with Crippen molar-refractivity contribution in [1.82, 2.24) is 4.90 Å². The minimum absolute atomic E-state index is 0.0897. The van der Waals surface area contributed by atoms with E-state index in [2.05, 4.69) is 0 Å². The summed E-state index contributed by atoms with van der Waals surface area (Å²) in [5.41, 5.74) is -0.0897. The summed E-state index contributed by atoms with van der Waals surface area (Å²) in [6, 6.07) is 1.98. The summed E-state index contributed by atoms with van der Waals surface area (Å²) in [6.45, 7) is 1.31. The zero-order valence-corrected chi connectivity index (χ0v) is 10.6. The van der Waals surface area contributed by atoms with Crippen molar-refractivity contribution in [3.05, 3.63) is 35.1 Å². The molecular formula is C14H16F3NO. The van der Waals surface area contributed by atoms with E-state index < -0.39 is 17.5 Å². The molecule has 1 aromatic rings. The van der Waals surface area contributed by atoms with Gasteiger partial charge in [0, 0.05) is 18.7 Å². The maximum atomic E-state index is 13.5. The number of hydrogen-bond donors (Lipinski definition) is 0. The summed E-state index contributed by atoms with van der Waals surface area (Å²) in [5.74, 6) is -4.24. The van der Waals surface area contributed by atoms with Crippen molar-refractivity contribution < 1.29 is 18.0 Å². The Morgan fingerprint density at radius 1 is 1.00 bits per heavy atom. The number of benzene rings is 1. The van der Waals surface area contributed by atoms with Crippen molar-refractivity contribution in [1.29, 1.82) is 0 Å². The van der Waals surface area contributed by atoms with Gasteiger partial charge in [-0.3, -0.25) is 4.79 Å². The lowest BCUT2D eigenvalue weighted by molar-refractivity contribution is -0.130. The standard InChI is InChI=1S/C14H16F3NO/c15-11-6-5-10(13(16)14(11)17)9-12(19)18-7-3-1-2-4-8-18/h5-6H,1-4,7-9H2. The van der Waals surface area contributed by atoms with Crippen LogP contribution in [0.5, 0.6) is 0 Å². The Morgan fingerprint density at radius 3 is 2.26 bits per heavy atom. The van der Waals surface area contributed by atoms with Gasteiger partial charge in [0.25, 0.3) is 0 Å². The first kappa shape index (κ1) is 13.9. The second-order valence-corrected chi connectivity index (χ2v) is 4.81. The fourth-order valence-electron chi connectivity index (χ4n) is 2.30. The highest BCUT2D eigenvalue weighted by atomic mass is 19.2. The van der Waals surface area contributed by atoms with Crippen LogP contribution in [-0.2, 0) is 11.2 Å². The van der Waals surface area contributed by atoms with Crippen LogP contribution in [0.1, 0.15) is 31.2 Å². The Hall–Kier alpha value is -1.52. The summed E-state index contributed by atoms with van der Waals surface area (Å²) < 4.78 is 39.4. The molecule has 0 N–H and O–H groups in total. The van der Waals surface area contributed by atoms with Gasteiger partial charge in [-0.2, -0.15) is 0 Å². The molecule has 0 aromatic heterocycles. The maximum absolute atomic E-state index is 13.5. The summed E-state index contributed by atoms with van der Waals surface area (Å²) in [4.78, 5) is 13.7. The lowest BCUT2D eigenvalue weighted by Gasteiger charge is -2.20. The molecule has 0 radical (unpaired) electrons. The predicted molar refractivity (Wildman–Crippen MR) is 65.1 cm³/mol. The van der Waals surface area contributed by atoms with E-state index in [9.17, 15) is 18.0 Å². The number of amides is 1. The summed E-state index contributed by atoms with van der Waals surface area (Å²) >= 11 is 0. The molecule has 0 spiro atoms. The molecule has 1 amide bonds. The maximum Gasteiger partial charge on any atom is 0.227 e. The van der Waals surface area contributed by atoms with Crippen LogP contribution in [0.15, 0.2) is 12.1 Å². The number of likely N-dealkylation sites (tertiary alicyclic amines) is 1. The molecule has 0 saturated carbocycles. The van der Waals surface area contributed by atoms with Crippen LogP contribution >= 0.6 is 0 Å². The molecule has 1 fully saturated rings. The van der Waals surface area contributed by atoms with E-state index in [-0.39, 0.29) is 17.9 Å². The number of hydrogen-bond acceptors (Lipinski definition) is 1. The van der Waals surface area contributed by atoms with Gasteiger partial charge >= 0.3 is 0 Å². The van der Waals surface area contributed by atoms with Gasteiger partial charge < -0.3 is 4.90 Å². The van der Waals surface area contributed by atoms with Crippen LogP contribution in [0.2, 0.25) is 0 Å². The fraction of sp³-hybridized carbons (Fsp3) is 0.500. The van der Waals surface area contributed by atoms with Gasteiger partial charge in [-0.25, -0.2) is 13.2 Å². The largest absolute Gasteiger partial charge is 0.342 e. The van der Waals surface area contributed by atoms with Gasteiger partial charge in [0.1, 0.15) is 0 Å². The number of carbonyl (C=O) groups is 1. The third-order valence-electron chi connectivity index (χ3n) is 3.42. The molecule has 1 saturated heterocycles. The molecule has 5 heteroatoms. The van der Waals surface area contributed by atoms with Crippen molar-refractivity contribution >= 4 is 5.91 Å². The van der Waals surface area contributed by atoms with Gasteiger partial charge in [0.05, 0.1) is 6.42 Å². The number of nitrogens with zero attached hydrogens (tertiary/aromatic N) is 1. The monoisotopic (exact) mass is 271 g/mol. The van der Waals surface area contributed by atoms with Crippen molar-refractivity contribution in [3.8, 4) is 0 Å². The molecule has 2 rings (SSSR count). The zero-order chi connectivity index (χ0) is 13.8. The first-order valence-corrected chi connectivity index (χ1v) is 6.49.